The summed E-state index contributed by atoms with van der Waals surface area (Å²) in [4.78, 5) is 40.5. The first-order valence-corrected chi connectivity index (χ1v) is 10.0. The van der Waals surface area contributed by atoms with Gasteiger partial charge in [0.25, 0.3) is 5.91 Å². The van der Waals surface area contributed by atoms with E-state index < -0.39 is 5.41 Å². The van der Waals surface area contributed by atoms with E-state index in [1.165, 1.54) is 4.90 Å². The van der Waals surface area contributed by atoms with Gasteiger partial charge in [0.2, 0.25) is 11.8 Å². The van der Waals surface area contributed by atoms with Gasteiger partial charge < -0.3 is 5.32 Å². The molecule has 1 heterocycles. The highest BCUT2D eigenvalue weighted by atomic mass is 16.2. The lowest BCUT2D eigenvalue weighted by Crippen LogP contribution is -2.59. The maximum atomic E-state index is 13.3. The Morgan fingerprint density at radius 3 is 2.45 bits per heavy atom. The fourth-order valence-electron chi connectivity index (χ4n) is 4.69. The Morgan fingerprint density at radius 2 is 1.76 bits per heavy atom. The summed E-state index contributed by atoms with van der Waals surface area (Å²) in [5.74, 6) is -0.791. The fraction of sp³-hybridized carbons (Fsp3) is 0.375. The Morgan fingerprint density at radius 1 is 1.07 bits per heavy atom. The van der Waals surface area contributed by atoms with Crippen LogP contribution < -0.4 is 10.2 Å². The Kier molecular flexibility index (Phi) is 4.37. The van der Waals surface area contributed by atoms with Crippen LogP contribution in [0.1, 0.15) is 49.5 Å². The molecule has 1 saturated heterocycles. The highest BCUT2D eigenvalue weighted by Gasteiger charge is 2.64. The van der Waals surface area contributed by atoms with E-state index in [0.717, 1.165) is 12.0 Å². The number of nitrogens with zero attached hydrogens (tertiary/aromatic N) is 1. The molecule has 3 amide bonds. The van der Waals surface area contributed by atoms with Crippen LogP contribution >= 0.6 is 0 Å². The van der Waals surface area contributed by atoms with E-state index in [1.54, 1.807) is 24.3 Å². The van der Waals surface area contributed by atoms with Crippen LogP contribution in [0, 0.1) is 23.7 Å². The predicted molar refractivity (Wildman–Crippen MR) is 113 cm³/mol. The first-order valence-electron chi connectivity index (χ1n) is 10.0. The third-order valence-corrected chi connectivity index (χ3v) is 7.10. The molecule has 2 atom stereocenters. The number of piperidine rings is 1. The van der Waals surface area contributed by atoms with E-state index in [2.05, 4.69) is 5.32 Å². The average molecular weight is 390 g/mol. The molecule has 2 bridgehead atoms. The van der Waals surface area contributed by atoms with E-state index >= 15 is 0 Å². The molecule has 1 saturated carbocycles. The predicted octanol–water partition coefficient (Wildman–Crippen LogP) is 4.56. The summed E-state index contributed by atoms with van der Waals surface area (Å²) in [7, 11) is 0. The topological polar surface area (TPSA) is 66.5 Å². The molecule has 0 radical (unpaired) electrons. The molecule has 2 aromatic carbocycles. The zero-order chi connectivity index (χ0) is 21.0. The van der Waals surface area contributed by atoms with Gasteiger partial charge in [-0.25, -0.2) is 4.90 Å². The lowest BCUT2D eigenvalue weighted by atomic mass is 9.62. The summed E-state index contributed by atoms with van der Waals surface area (Å²) in [6.07, 6.45) is 1.43. The second-order valence-electron chi connectivity index (χ2n) is 8.99. The summed E-state index contributed by atoms with van der Waals surface area (Å²) >= 11 is 0. The minimum Gasteiger partial charge on any atom is -0.322 e. The molecule has 0 aromatic heterocycles. The molecule has 2 aliphatic rings. The number of hydrogen-bond acceptors (Lipinski definition) is 3. The van der Waals surface area contributed by atoms with Crippen LogP contribution in [-0.4, -0.2) is 17.7 Å². The molecule has 150 valence electrons. The average Bonchev–Trinajstić information content (AvgIpc) is 2.87. The molecule has 4 rings (SSSR count). The Hall–Kier alpha value is -2.95. The summed E-state index contributed by atoms with van der Waals surface area (Å²) in [6, 6.07) is 14.3. The van der Waals surface area contributed by atoms with Crippen LogP contribution in [0.15, 0.2) is 48.5 Å². The largest absolute Gasteiger partial charge is 0.322 e. The van der Waals surface area contributed by atoms with Crippen LogP contribution in [0.5, 0.6) is 0 Å². The van der Waals surface area contributed by atoms with Gasteiger partial charge >= 0.3 is 0 Å². The fourth-order valence-corrected chi connectivity index (χ4v) is 4.69. The second kappa shape index (κ2) is 6.55. The number of fused-ring (bicyclic) bond motifs is 2. The van der Waals surface area contributed by atoms with Gasteiger partial charge in [-0.3, -0.25) is 14.4 Å². The smallest absolute Gasteiger partial charge is 0.255 e. The van der Waals surface area contributed by atoms with Gasteiger partial charge in [-0.2, -0.15) is 0 Å². The number of rotatable bonds is 3. The third-order valence-electron chi connectivity index (χ3n) is 7.10. The summed E-state index contributed by atoms with van der Waals surface area (Å²) < 4.78 is 0. The number of carbonyl (C=O) groups excluding carboxylic acids is 3. The number of carbonyl (C=O) groups is 3. The molecule has 0 spiro atoms. The molecular formula is C24H26N2O3. The van der Waals surface area contributed by atoms with Crippen LogP contribution in [0.25, 0.3) is 0 Å². The Balaban J connectivity index is 1.64. The molecular weight excluding hydrogens is 364 g/mol. The maximum Gasteiger partial charge on any atom is 0.255 e. The highest BCUT2D eigenvalue weighted by molar-refractivity contribution is 6.21. The van der Waals surface area contributed by atoms with Crippen molar-refractivity contribution in [3.63, 3.8) is 0 Å². The Bertz CT molecular complexity index is 1010. The van der Waals surface area contributed by atoms with Crippen LogP contribution in [0.2, 0.25) is 0 Å². The van der Waals surface area contributed by atoms with Crippen molar-refractivity contribution in [2.24, 2.45) is 16.7 Å². The van der Waals surface area contributed by atoms with Gasteiger partial charge in [0.05, 0.1) is 11.1 Å². The summed E-state index contributed by atoms with van der Waals surface area (Å²) in [6.45, 7) is 7.98. The number of nitrogens with one attached hydrogen (secondary N) is 1. The van der Waals surface area contributed by atoms with Gasteiger partial charge in [0.1, 0.15) is 0 Å². The van der Waals surface area contributed by atoms with Gasteiger partial charge in [-0.15, -0.1) is 0 Å². The molecule has 1 N–H and O–H groups in total. The molecule has 29 heavy (non-hydrogen) atoms. The van der Waals surface area contributed by atoms with E-state index in [4.69, 9.17) is 0 Å². The van der Waals surface area contributed by atoms with Crippen molar-refractivity contribution in [2.45, 2.75) is 40.5 Å². The number of anilines is 2. The van der Waals surface area contributed by atoms with Crippen molar-refractivity contribution < 1.29 is 14.4 Å². The lowest BCUT2D eigenvalue weighted by molar-refractivity contribution is -0.146. The second-order valence-corrected chi connectivity index (χ2v) is 8.99. The van der Waals surface area contributed by atoms with Crippen molar-refractivity contribution in [1.82, 2.24) is 0 Å². The van der Waals surface area contributed by atoms with Gasteiger partial charge in [-0.1, -0.05) is 44.5 Å². The number of benzene rings is 2. The van der Waals surface area contributed by atoms with Crippen molar-refractivity contribution in [3.05, 3.63) is 59.7 Å². The zero-order valence-corrected chi connectivity index (χ0v) is 17.3. The van der Waals surface area contributed by atoms with E-state index in [-0.39, 0.29) is 29.1 Å². The van der Waals surface area contributed by atoms with E-state index in [1.807, 2.05) is 52.0 Å². The SMILES string of the molecule is Cc1ccc(NC(=O)c2cccc(N3C(=O)[C@H]4CC[C@@](C)(C3=O)C4(C)C)c2)cc1. The minimum atomic E-state index is -0.578. The van der Waals surface area contributed by atoms with Crippen LogP contribution in [0.3, 0.4) is 0 Å². The first kappa shape index (κ1) is 19.4. The molecule has 2 aromatic rings. The summed E-state index contributed by atoms with van der Waals surface area (Å²) in [5, 5.41) is 2.86. The zero-order valence-electron chi connectivity index (χ0n) is 17.3. The number of amides is 3. The maximum absolute atomic E-state index is 13.3. The monoisotopic (exact) mass is 390 g/mol. The normalized spacial score (nSPS) is 25.2. The first-order chi connectivity index (χ1) is 13.6. The molecule has 1 aliphatic carbocycles. The standard InChI is InChI=1S/C24H26N2O3/c1-15-8-10-17(11-9-15)25-20(27)16-6-5-7-18(14-16)26-21(28)19-12-13-24(4,22(26)29)23(19,2)3/h5-11,14,19H,12-13H2,1-4H3,(H,25,27)/t19-,24+/m1/s1. The number of aryl methyl sites for hydroxylation is 1. The van der Waals surface area contributed by atoms with E-state index in [0.29, 0.717) is 23.4 Å². The van der Waals surface area contributed by atoms with Crippen LogP contribution in [-0.2, 0) is 9.59 Å². The quantitative estimate of drug-likeness (QED) is 0.781. The molecule has 2 fully saturated rings. The van der Waals surface area contributed by atoms with Gasteiger partial charge in [-0.05, 0) is 55.5 Å². The number of hydrogen-bond donors (Lipinski definition) is 1. The highest BCUT2D eigenvalue weighted by Crippen LogP contribution is 2.60. The van der Waals surface area contributed by atoms with E-state index in [9.17, 15) is 14.4 Å². The van der Waals surface area contributed by atoms with Crippen molar-refractivity contribution in [2.75, 3.05) is 10.2 Å². The molecule has 5 nitrogen and oxygen atoms in total. The van der Waals surface area contributed by atoms with Gasteiger partial charge in [0, 0.05) is 17.2 Å². The lowest BCUT2D eigenvalue weighted by Gasteiger charge is -2.47. The Labute approximate surface area is 171 Å². The third kappa shape index (κ3) is 2.87. The van der Waals surface area contributed by atoms with Crippen molar-refractivity contribution >= 4 is 29.1 Å². The van der Waals surface area contributed by atoms with Gasteiger partial charge in [0.15, 0.2) is 0 Å². The van der Waals surface area contributed by atoms with Crippen molar-refractivity contribution in [1.29, 1.82) is 0 Å². The molecule has 1 aliphatic heterocycles. The number of imide groups is 1. The molecule has 0 unspecified atom stereocenters. The van der Waals surface area contributed by atoms with Crippen molar-refractivity contribution in [3.8, 4) is 0 Å². The van der Waals surface area contributed by atoms with Crippen LogP contribution in [0.4, 0.5) is 11.4 Å². The summed E-state index contributed by atoms with van der Waals surface area (Å²) in [5.41, 5.74) is 1.74. The molecule has 5 heteroatoms. The minimum absolute atomic E-state index is 0.161.